The minimum Gasteiger partial charge on any atom is -0.388 e. The minimum absolute atomic E-state index is 0.448. The molecule has 5 heteroatoms. The van der Waals surface area contributed by atoms with Crippen LogP contribution in [0.1, 0.15) is 36.8 Å². The van der Waals surface area contributed by atoms with Gasteiger partial charge in [-0.25, -0.2) is 0 Å². The summed E-state index contributed by atoms with van der Waals surface area (Å²) in [6.07, 6.45) is 3.95. The first-order chi connectivity index (χ1) is 8.43. The van der Waals surface area contributed by atoms with E-state index in [0.29, 0.717) is 11.7 Å². The van der Waals surface area contributed by atoms with Crippen molar-refractivity contribution in [1.82, 2.24) is 10.2 Å². The summed E-state index contributed by atoms with van der Waals surface area (Å²) in [5.41, 5.74) is 1.40. The molecule has 0 radical (unpaired) electrons. The molecule has 0 aromatic carbocycles. The van der Waals surface area contributed by atoms with E-state index in [1.165, 1.54) is 0 Å². The summed E-state index contributed by atoms with van der Waals surface area (Å²) in [7, 11) is 1.95. The number of aliphatic hydroxyl groups is 1. The molecule has 1 aliphatic rings. The summed E-state index contributed by atoms with van der Waals surface area (Å²) >= 11 is 5.95. The van der Waals surface area contributed by atoms with Crippen molar-refractivity contribution >= 4 is 17.4 Å². The lowest BCUT2D eigenvalue weighted by Gasteiger charge is -2.30. The van der Waals surface area contributed by atoms with E-state index in [-0.39, 0.29) is 0 Å². The van der Waals surface area contributed by atoms with Crippen LogP contribution in [0.4, 0.5) is 5.82 Å². The standard InChI is InChI=1S/C13H20ClN3O/c1-9-10(2)12(16-15-11(9)14)17(3)8-13(18)6-4-5-7-13/h18H,4-8H2,1-3H3. The summed E-state index contributed by atoms with van der Waals surface area (Å²) in [5.74, 6) is 0.803. The van der Waals surface area contributed by atoms with Crippen LogP contribution in [0.2, 0.25) is 5.15 Å². The summed E-state index contributed by atoms with van der Waals surface area (Å²) in [5, 5.41) is 19.0. The molecular weight excluding hydrogens is 250 g/mol. The minimum atomic E-state index is -0.573. The van der Waals surface area contributed by atoms with Gasteiger partial charge in [-0.2, -0.15) is 0 Å². The van der Waals surface area contributed by atoms with Crippen LogP contribution in [-0.4, -0.2) is 34.5 Å². The molecule has 4 nitrogen and oxygen atoms in total. The first kappa shape index (κ1) is 13.6. The third kappa shape index (κ3) is 2.59. The highest BCUT2D eigenvalue weighted by Gasteiger charge is 2.33. The van der Waals surface area contributed by atoms with Gasteiger partial charge in [0.25, 0.3) is 0 Å². The Bertz CT molecular complexity index is 444. The Morgan fingerprint density at radius 2 is 1.83 bits per heavy atom. The van der Waals surface area contributed by atoms with E-state index in [4.69, 9.17) is 11.6 Å². The van der Waals surface area contributed by atoms with Gasteiger partial charge in [0.1, 0.15) is 0 Å². The lowest BCUT2D eigenvalue weighted by atomic mass is 10.0. The Balaban J connectivity index is 2.18. The van der Waals surface area contributed by atoms with Crippen LogP contribution in [0, 0.1) is 13.8 Å². The maximum absolute atomic E-state index is 10.4. The molecule has 1 heterocycles. The molecule has 1 aliphatic carbocycles. The number of likely N-dealkylation sites (N-methyl/N-ethyl adjacent to an activating group) is 1. The van der Waals surface area contributed by atoms with Crippen LogP contribution < -0.4 is 4.90 Å². The average molecular weight is 270 g/mol. The predicted octanol–water partition coefficient (Wildman–Crippen LogP) is 2.49. The van der Waals surface area contributed by atoms with Crippen LogP contribution in [-0.2, 0) is 0 Å². The van der Waals surface area contributed by atoms with E-state index >= 15 is 0 Å². The first-order valence-electron chi connectivity index (χ1n) is 6.36. The summed E-state index contributed by atoms with van der Waals surface area (Å²) in [6.45, 7) is 4.53. The van der Waals surface area contributed by atoms with Crippen molar-refractivity contribution in [3.63, 3.8) is 0 Å². The molecule has 0 amide bonds. The van der Waals surface area contributed by atoms with Crippen LogP contribution in [0.25, 0.3) is 0 Å². The molecule has 2 rings (SSSR count). The monoisotopic (exact) mass is 269 g/mol. The van der Waals surface area contributed by atoms with Gasteiger partial charge in [-0.05, 0) is 37.8 Å². The SMILES string of the molecule is Cc1c(Cl)nnc(N(C)CC2(O)CCCC2)c1C. The molecule has 1 N–H and O–H groups in total. The molecule has 1 aromatic heterocycles. The van der Waals surface area contributed by atoms with Crippen LogP contribution in [0.5, 0.6) is 0 Å². The fourth-order valence-corrected chi connectivity index (χ4v) is 2.81. The molecule has 0 unspecified atom stereocenters. The largest absolute Gasteiger partial charge is 0.388 e. The number of aromatic nitrogens is 2. The van der Waals surface area contributed by atoms with E-state index in [2.05, 4.69) is 10.2 Å². The zero-order chi connectivity index (χ0) is 13.3. The topological polar surface area (TPSA) is 49.2 Å². The molecule has 18 heavy (non-hydrogen) atoms. The molecule has 0 saturated heterocycles. The van der Waals surface area contributed by atoms with Gasteiger partial charge in [-0.1, -0.05) is 24.4 Å². The van der Waals surface area contributed by atoms with Gasteiger partial charge in [-0.15, -0.1) is 10.2 Å². The van der Waals surface area contributed by atoms with Gasteiger partial charge in [0.2, 0.25) is 0 Å². The third-order valence-electron chi connectivity index (χ3n) is 3.87. The summed E-state index contributed by atoms with van der Waals surface area (Å²) in [4.78, 5) is 1.98. The van der Waals surface area contributed by atoms with Crippen LogP contribution in [0.3, 0.4) is 0 Å². The highest BCUT2D eigenvalue weighted by Crippen LogP contribution is 2.32. The maximum atomic E-state index is 10.4. The van der Waals surface area contributed by atoms with E-state index in [1.54, 1.807) is 0 Å². The van der Waals surface area contributed by atoms with Crippen molar-refractivity contribution in [1.29, 1.82) is 0 Å². The number of hydrogen-bond acceptors (Lipinski definition) is 4. The molecular formula is C13H20ClN3O. The molecule has 1 aromatic rings. The van der Waals surface area contributed by atoms with Gasteiger partial charge in [0, 0.05) is 13.6 Å². The molecule has 0 bridgehead atoms. The van der Waals surface area contributed by atoms with Gasteiger partial charge in [0.15, 0.2) is 11.0 Å². The van der Waals surface area contributed by atoms with Crippen molar-refractivity contribution in [2.45, 2.75) is 45.1 Å². The smallest absolute Gasteiger partial charge is 0.155 e. The normalized spacial score (nSPS) is 18.1. The second-order valence-corrected chi connectivity index (χ2v) is 5.71. The highest BCUT2D eigenvalue weighted by molar-refractivity contribution is 6.30. The lowest BCUT2D eigenvalue weighted by Crippen LogP contribution is -2.40. The van der Waals surface area contributed by atoms with Gasteiger partial charge >= 0.3 is 0 Å². The average Bonchev–Trinajstić information content (AvgIpc) is 2.72. The lowest BCUT2D eigenvalue weighted by molar-refractivity contribution is 0.0557. The number of anilines is 1. The molecule has 1 fully saturated rings. The highest BCUT2D eigenvalue weighted by atomic mass is 35.5. The summed E-state index contributed by atoms with van der Waals surface area (Å²) in [6, 6.07) is 0. The molecule has 0 atom stereocenters. The molecule has 0 aliphatic heterocycles. The summed E-state index contributed by atoms with van der Waals surface area (Å²) < 4.78 is 0. The van der Waals surface area contributed by atoms with Crippen molar-refractivity contribution in [3.8, 4) is 0 Å². The zero-order valence-corrected chi connectivity index (χ0v) is 12.0. The Labute approximate surface area is 113 Å². The quantitative estimate of drug-likeness (QED) is 0.916. The van der Waals surface area contributed by atoms with Crippen molar-refractivity contribution in [3.05, 3.63) is 16.3 Å². The third-order valence-corrected chi connectivity index (χ3v) is 4.23. The second-order valence-electron chi connectivity index (χ2n) is 5.35. The van der Waals surface area contributed by atoms with E-state index < -0.39 is 5.60 Å². The fourth-order valence-electron chi connectivity index (χ4n) is 2.63. The Kier molecular flexibility index (Phi) is 3.78. The van der Waals surface area contributed by atoms with Gasteiger partial charge in [0.05, 0.1) is 5.60 Å². The van der Waals surface area contributed by atoms with Crippen LogP contribution in [0.15, 0.2) is 0 Å². The Hall–Kier alpha value is -0.870. The molecule has 0 spiro atoms. The number of nitrogens with zero attached hydrogens (tertiary/aromatic N) is 3. The second kappa shape index (κ2) is 5.02. The van der Waals surface area contributed by atoms with Gasteiger partial charge < -0.3 is 10.0 Å². The first-order valence-corrected chi connectivity index (χ1v) is 6.74. The van der Waals surface area contributed by atoms with E-state index in [9.17, 15) is 5.11 Å². The Morgan fingerprint density at radius 1 is 1.22 bits per heavy atom. The van der Waals surface area contributed by atoms with Crippen LogP contribution >= 0.6 is 11.6 Å². The Morgan fingerprint density at radius 3 is 2.44 bits per heavy atom. The fraction of sp³-hybridized carbons (Fsp3) is 0.692. The van der Waals surface area contributed by atoms with E-state index in [1.807, 2.05) is 25.8 Å². The zero-order valence-electron chi connectivity index (χ0n) is 11.2. The van der Waals surface area contributed by atoms with Crippen molar-refractivity contribution in [2.75, 3.05) is 18.5 Å². The predicted molar refractivity (Wildman–Crippen MR) is 73.2 cm³/mol. The van der Waals surface area contributed by atoms with Crippen molar-refractivity contribution < 1.29 is 5.11 Å². The number of halogens is 1. The molecule has 100 valence electrons. The van der Waals surface area contributed by atoms with E-state index in [0.717, 1.165) is 42.6 Å². The maximum Gasteiger partial charge on any atom is 0.155 e. The number of rotatable bonds is 3. The molecule has 1 saturated carbocycles. The van der Waals surface area contributed by atoms with Crippen molar-refractivity contribution in [2.24, 2.45) is 0 Å². The van der Waals surface area contributed by atoms with Gasteiger partial charge in [-0.3, -0.25) is 0 Å². The number of hydrogen-bond donors (Lipinski definition) is 1.